The number of halogens is 1. The van der Waals surface area contributed by atoms with Crippen LogP contribution in [0.2, 0.25) is 5.02 Å². The van der Waals surface area contributed by atoms with E-state index in [1.54, 1.807) is 0 Å². The van der Waals surface area contributed by atoms with E-state index in [4.69, 9.17) is 11.6 Å². The lowest BCUT2D eigenvalue weighted by Gasteiger charge is -2.28. The van der Waals surface area contributed by atoms with Gasteiger partial charge in [-0.15, -0.1) is 0 Å². The first-order valence-electron chi connectivity index (χ1n) is 9.23. The molecule has 29 heavy (non-hydrogen) atoms. The van der Waals surface area contributed by atoms with Crippen LogP contribution in [0.5, 0.6) is 0 Å². The highest BCUT2D eigenvalue weighted by Gasteiger charge is 2.35. The Balaban J connectivity index is 1.94. The van der Waals surface area contributed by atoms with E-state index in [1.807, 2.05) is 31.2 Å². The summed E-state index contributed by atoms with van der Waals surface area (Å²) in [4.78, 5) is 25.3. The zero-order valence-electron chi connectivity index (χ0n) is 15.9. The summed E-state index contributed by atoms with van der Waals surface area (Å²) < 4.78 is 24.0. The highest BCUT2D eigenvalue weighted by atomic mass is 35.5. The van der Waals surface area contributed by atoms with Crippen LogP contribution in [0.25, 0.3) is 0 Å². The fourth-order valence-electron chi connectivity index (χ4n) is 3.42. The third kappa shape index (κ3) is 4.94. The summed E-state index contributed by atoms with van der Waals surface area (Å²) in [6.45, 7) is 2.26. The molecular formula is C20H21ClN2O5S. The minimum atomic E-state index is -3.21. The molecule has 1 heterocycles. The predicted molar refractivity (Wildman–Crippen MR) is 111 cm³/mol. The molecule has 1 saturated heterocycles. The number of rotatable bonds is 6. The summed E-state index contributed by atoms with van der Waals surface area (Å²) in [5.41, 5.74) is 1.77. The number of carbonyl (C=O) groups excluding carboxylic acids is 1. The van der Waals surface area contributed by atoms with Crippen molar-refractivity contribution in [3.05, 3.63) is 74.3 Å². The van der Waals surface area contributed by atoms with Crippen LogP contribution >= 0.6 is 11.6 Å². The van der Waals surface area contributed by atoms with E-state index in [-0.39, 0.29) is 34.3 Å². The topological polar surface area (TPSA) is 97.6 Å². The predicted octanol–water partition coefficient (Wildman–Crippen LogP) is 3.64. The van der Waals surface area contributed by atoms with Gasteiger partial charge in [-0.05, 0) is 36.1 Å². The van der Waals surface area contributed by atoms with Crippen LogP contribution in [0.1, 0.15) is 34.8 Å². The van der Waals surface area contributed by atoms with E-state index in [2.05, 4.69) is 0 Å². The molecule has 0 spiro atoms. The van der Waals surface area contributed by atoms with Crippen molar-refractivity contribution >= 4 is 33.0 Å². The van der Waals surface area contributed by atoms with Crippen molar-refractivity contribution in [1.82, 2.24) is 4.90 Å². The molecule has 0 N–H and O–H groups in total. The molecule has 1 amide bonds. The van der Waals surface area contributed by atoms with Crippen molar-refractivity contribution in [1.29, 1.82) is 0 Å². The number of sulfone groups is 1. The van der Waals surface area contributed by atoms with E-state index in [0.717, 1.165) is 23.6 Å². The van der Waals surface area contributed by atoms with E-state index in [0.29, 0.717) is 6.42 Å². The maximum Gasteiger partial charge on any atom is 0.288 e. The lowest BCUT2D eigenvalue weighted by atomic mass is 10.1. The van der Waals surface area contributed by atoms with Gasteiger partial charge in [0.05, 0.1) is 16.4 Å². The molecule has 1 aliphatic heterocycles. The second-order valence-corrected chi connectivity index (χ2v) is 9.72. The van der Waals surface area contributed by atoms with Gasteiger partial charge in [-0.25, -0.2) is 8.42 Å². The molecular weight excluding hydrogens is 416 g/mol. The lowest BCUT2D eigenvalue weighted by Crippen LogP contribution is -2.40. The van der Waals surface area contributed by atoms with Crippen molar-refractivity contribution in [2.24, 2.45) is 0 Å². The summed E-state index contributed by atoms with van der Waals surface area (Å²) >= 11 is 5.85. The number of nitrogens with zero attached hydrogens (tertiary/aromatic N) is 2. The van der Waals surface area contributed by atoms with E-state index in [9.17, 15) is 23.3 Å². The molecule has 0 saturated carbocycles. The van der Waals surface area contributed by atoms with Gasteiger partial charge in [0, 0.05) is 24.2 Å². The smallest absolute Gasteiger partial charge is 0.288 e. The molecule has 0 bridgehead atoms. The average molecular weight is 437 g/mol. The van der Waals surface area contributed by atoms with Crippen LogP contribution in [-0.2, 0) is 22.8 Å². The zero-order valence-corrected chi connectivity index (χ0v) is 17.4. The van der Waals surface area contributed by atoms with Gasteiger partial charge in [-0.1, -0.05) is 42.8 Å². The molecule has 1 atom stereocenters. The van der Waals surface area contributed by atoms with Gasteiger partial charge in [0.2, 0.25) is 0 Å². The Hall–Kier alpha value is -2.45. The van der Waals surface area contributed by atoms with Crippen molar-refractivity contribution < 1.29 is 18.1 Å². The second kappa shape index (κ2) is 8.51. The molecule has 0 unspecified atom stereocenters. The normalized spacial score (nSPS) is 17.8. The molecule has 0 radical (unpaired) electrons. The fourth-order valence-corrected chi connectivity index (χ4v) is 5.33. The third-order valence-electron chi connectivity index (χ3n) is 5.08. The van der Waals surface area contributed by atoms with Crippen molar-refractivity contribution in [3.8, 4) is 0 Å². The number of hydrogen-bond acceptors (Lipinski definition) is 5. The first kappa shape index (κ1) is 21.3. The molecule has 0 aromatic heterocycles. The van der Waals surface area contributed by atoms with Gasteiger partial charge >= 0.3 is 0 Å². The largest absolute Gasteiger partial charge is 0.330 e. The SMILES string of the molecule is CCc1ccc(CN(C(=O)c2ccc(Cl)c([N+](=O)[O-])c2)[C@H]2CCS(=O)(=O)C2)cc1. The summed E-state index contributed by atoms with van der Waals surface area (Å²) in [6, 6.07) is 11.2. The summed E-state index contributed by atoms with van der Waals surface area (Å²) in [7, 11) is -3.21. The molecule has 3 rings (SSSR count). The molecule has 2 aromatic carbocycles. The Morgan fingerprint density at radius 3 is 2.41 bits per heavy atom. The number of nitro groups is 1. The third-order valence-corrected chi connectivity index (χ3v) is 7.15. The Morgan fingerprint density at radius 2 is 1.86 bits per heavy atom. The van der Waals surface area contributed by atoms with Gasteiger partial charge in [-0.2, -0.15) is 0 Å². The van der Waals surface area contributed by atoms with Crippen molar-refractivity contribution in [2.75, 3.05) is 11.5 Å². The maximum absolute atomic E-state index is 13.2. The first-order chi connectivity index (χ1) is 13.7. The van der Waals surface area contributed by atoms with Crippen LogP contribution in [0.4, 0.5) is 5.69 Å². The highest BCUT2D eigenvalue weighted by Crippen LogP contribution is 2.28. The van der Waals surface area contributed by atoms with E-state index in [1.165, 1.54) is 17.0 Å². The van der Waals surface area contributed by atoms with Crippen LogP contribution in [0.15, 0.2) is 42.5 Å². The zero-order chi connectivity index (χ0) is 21.2. The summed E-state index contributed by atoms with van der Waals surface area (Å²) in [5, 5.41) is 11.1. The fraction of sp³-hybridized carbons (Fsp3) is 0.350. The van der Waals surface area contributed by atoms with Gasteiger partial charge in [0.1, 0.15) is 5.02 Å². The number of carbonyl (C=O) groups is 1. The van der Waals surface area contributed by atoms with Crippen molar-refractivity contribution in [3.63, 3.8) is 0 Å². The molecule has 0 aliphatic carbocycles. The quantitative estimate of drug-likeness (QED) is 0.508. The number of aryl methyl sites for hydroxylation is 1. The van der Waals surface area contributed by atoms with Crippen LogP contribution in [0.3, 0.4) is 0 Å². The van der Waals surface area contributed by atoms with E-state index < -0.39 is 26.7 Å². The minimum Gasteiger partial charge on any atom is -0.330 e. The first-order valence-corrected chi connectivity index (χ1v) is 11.4. The molecule has 1 aliphatic rings. The number of benzene rings is 2. The molecule has 7 nitrogen and oxygen atoms in total. The Kier molecular flexibility index (Phi) is 6.24. The van der Waals surface area contributed by atoms with Gasteiger partial charge in [0.15, 0.2) is 9.84 Å². The van der Waals surface area contributed by atoms with Crippen LogP contribution in [0, 0.1) is 10.1 Å². The molecule has 9 heteroatoms. The molecule has 2 aromatic rings. The minimum absolute atomic E-state index is 0.0248. The van der Waals surface area contributed by atoms with Crippen LogP contribution in [-0.4, -0.2) is 41.7 Å². The summed E-state index contributed by atoms with van der Waals surface area (Å²) in [6.07, 6.45) is 1.23. The maximum atomic E-state index is 13.2. The highest BCUT2D eigenvalue weighted by molar-refractivity contribution is 7.91. The number of amides is 1. The van der Waals surface area contributed by atoms with Gasteiger partial charge < -0.3 is 4.90 Å². The van der Waals surface area contributed by atoms with Crippen LogP contribution < -0.4 is 0 Å². The average Bonchev–Trinajstić information content (AvgIpc) is 3.05. The van der Waals surface area contributed by atoms with Gasteiger partial charge in [-0.3, -0.25) is 14.9 Å². The monoisotopic (exact) mass is 436 g/mol. The molecule has 1 fully saturated rings. The lowest BCUT2D eigenvalue weighted by molar-refractivity contribution is -0.384. The Morgan fingerprint density at radius 1 is 1.21 bits per heavy atom. The Labute approximate surface area is 174 Å². The molecule has 154 valence electrons. The Bertz CT molecular complexity index is 1040. The number of hydrogen-bond donors (Lipinski definition) is 0. The van der Waals surface area contributed by atoms with Gasteiger partial charge in [0.25, 0.3) is 11.6 Å². The van der Waals surface area contributed by atoms with Crippen molar-refractivity contribution in [2.45, 2.75) is 32.4 Å². The standard InChI is InChI=1S/C20H21ClN2O5S/c1-2-14-3-5-15(6-4-14)12-22(17-9-10-29(27,28)13-17)20(24)16-7-8-18(21)19(11-16)23(25)26/h3-8,11,17H,2,9-10,12-13H2,1H3/t17-/m0/s1. The second-order valence-electron chi connectivity index (χ2n) is 7.08. The summed E-state index contributed by atoms with van der Waals surface area (Å²) in [5.74, 6) is -0.537. The number of nitro benzene ring substituents is 1. The van der Waals surface area contributed by atoms with E-state index >= 15 is 0 Å².